The molecule has 1 amide bonds. The largest absolute Gasteiger partial charge is 0.506 e. The van der Waals surface area contributed by atoms with E-state index < -0.39 is 0 Å². The van der Waals surface area contributed by atoms with Gasteiger partial charge in [0.15, 0.2) is 11.0 Å². The molecule has 2 aromatic carbocycles. The summed E-state index contributed by atoms with van der Waals surface area (Å²) in [6, 6.07) is 10.7. The number of hydrogen-bond donors (Lipinski definition) is 2. The molecule has 2 N–H and O–H groups in total. The van der Waals surface area contributed by atoms with Crippen LogP contribution >= 0.6 is 55.2 Å². The smallest absolute Gasteiger partial charge is 0.250 e. The van der Waals surface area contributed by atoms with Crippen LogP contribution in [0.25, 0.3) is 11.4 Å². The molecule has 3 aromatic rings. The fourth-order valence-electron chi connectivity index (χ4n) is 2.29. The van der Waals surface area contributed by atoms with E-state index in [0.717, 1.165) is 5.56 Å². The number of thioether (sulfide) groups is 1. The Bertz CT molecular complexity index is 1050. The lowest BCUT2D eigenvalue weighted by Crippen LogP contribution is -2.19. The fourth-order valence-corrected chi connectivity index (χ4v) is 4.34. The SMILES string of the molecule is Cn1c(SCC(=O)N/N=C\c2cc(Br)c(O)c(Br)c2)nnc1-c1ccc(Cl)cc1. The zero-order valence-corrected chi connectivity index (χ0v) is 19.7. The van der Waals surface area contributed by atoms with Crippen LogP contribution in [0, 0.1) is 0 Å². The second kappa shape index (κ2) is 9.75. The number of benzene rings is 2. The van der Waals surface area contributed by atoms with Gasteiger partial charge in [0.25, 0.3) is 5.91 Å². The van der Waals surface area contributed by atoms with Crippen molar-refractivity contribution in [3.05, 3.63) is 55.9 Å². The first kappa shape index (κ1) is 21.8. The molecule has 29 heavy (non-hydrogen) atoms. The van der Waals surface area contributed by atoms with Crippen molar-refractivity contribution in [3.63, 3.8) is 0 Å². The first-order valence-electron chi connectivity index (χ1n) is 8.13. The predicted molar refractivity (Wildman–Crippen MR) is 121 cm³/mol. The number of amides is 1. The van der Waals surface area contributed by atoms with Gasteiger partial charge in [0.2, 0.25) is 0 Å². The highest BCUT2D eigenvalue weighted by atomic mass is 79.9. The minimum atomic E-state index is -0.279. The van der Waals surface area contributed by atoms with E-state index in [9.17, 15) is 9.90 Å². The third kappa shape index (κ3) is 5.59. The van der Waals surface area contributed by atoms with E-state index in [4.69, 9.17) is 11.6 Å². The number of carbonyl (C=O) groups excluding carboxylic acids is 1. The standard InChI is InChI=1S/C18H14Br2ClN5O2S/c1-26-17(11-2-4-12(21)5-3-11)24-25-18(26)29-9-15(27)23-22-8-10-6-13(19)16(28)14(20)7-10/h2-8,28H,9H2,1H3,(H,23,27)/b22-8-. The summed E-state index contributed by atoms with van der Waals surface area (Å²) in [5, 5.41) is 23.2. The molecule has 0 bridgehead atoms. The summed E-state index contributed by atoms with van der Waals surface area (Å²) in [4.78, 5) is 12.0. The molecular weight excluding hydrogens is 546 g/mol. The van der Waals surface area contributed by atoms with Crippen molar-refractivity contribution >= 4 is 67.3 Å². The quantitative estimate of drug-likeness (QED) is 0.262. The maximum atomic E-state index is 12.0. The summed E-state index contributed by atoms with van der Waals surface area (Å²) >= 11 is 13.7. The Labute approximate surface area is 192 Å². The first-order chi connectivity index (χ1) is 13.8. The van der Waals surface area contributed by atoms with E-state index in [0.29, 0.717) is 30.5 Å². The average Bonchev–Trinajstić information content (AvgIpc) is 3.05. The summed E-state index contributed by atoms with van der Waals surface area (Å²) in [7, 11) is 1.84. The van der Waals surface area contributed by atoms with Crippen LogP contribution < -0.4 is 5.43 Å². The van der Waals surface area contributed by atoms with Crippen molar-refractivity contribution in [2.45, 2.75) is 5.16 Å². The molecule has 0 aliphatic heterocycles. The van der Waals surface area contributed by atoms with Gasteiger partial charge in [-0.05, 0) is 73.8 Å². The number of halogens is 3. The number of phenolic OH excluding ortho intramolecular Hbond substituents is 1. The minimum absolute atomic E-state index is 0.101. The molecule has 0 aliphatic carbocycles. The molecule has 3 rings (SSSR count). The predicted octanol–water partition coefficient (Wildman–Crippen LogP) is 4.61. The highest BCUT2D eigenvalue weighted by molar-refractivity contribution is 9.11. The van der Waals surface area contributed by atoms with Gasteiger partial charge >= 0.3 is 0 Å². The van der Waals surface area contributed by atoms with Crippen LogP contribution in [0.2, 0.25) is 5.02 Å². The summed E-state index contributed by atoms with van der Waals surface area (Å²) in [6.45, 7) is 0. The molecule has 0 saturated heterocycles. The molecule has 0 radical (unpaired) electrons. The number of aromatic nitrogens is 3. The Hall–Kier alpha value is -1.88. The Morgan fingerprint density at radius 1 is 1.28 bits per heavy atom. The number of phenols is 1. The highest BCUT2D eigenvalue weighted by Crippen LogP contribution is 2.32. The number of carbonyl (C=O) groups is 1. The van der Waals surface area contributed by atoms with Gasteiger partial charge in [-0.2, -0.15) is 5.10 Å². The van der Waals surface area contributed by atoms with Gasteiger partial charge in [0.05, 0.1) is 20.9 Å². The lowest BCUT2D eigenvalue weighted by Gasteiger charge is -2.04. The minimum Gasteiger partial charge on any atom is -0.506 e. The Morgan fingerprint density at radius 2 is 1.93 bits per heavy atom. The summed E-state index contributed by atoms with van der Waals surface area (Å²) in [6.07, 6.45) is 1.48. The molecule has 11 heteroatoms. The second-order valence-corrected chi connectivity index (χ2v) is 8.87. The summed E-state index contributed by atoms with van der Waals surface area (Å²) < 4.78 is 2.86. The molecule has 1 aromatic heterocycles. The molecular formula is C18H14Br2ClN5O2S. The van der Waals surface area contributed by atoms with Crippen LogP contribution in [-0.2, 0) is 11.8 Å². The van der Waals surface area contributed by atoms with Crippen molar-refractivity contribution in [1.29, 1.82) is 0 Å². The maximum absolute atomic E-state index is 12.0. The van der Waals surface area contributed by atoms with Crippen molar-refractivity contribution in [3.8, 4) is 17.1 Å². The van der Waals surface area contributed by atoms with Crippen LogP contribution in [0.4, 0.5) is 0 Å². The molecule has 0 atom stereocenters. The maximum Gasteiger partial charge on any atom is 0.250 e. The van der Waals surface area contributed by atoms with Gasteiger partial charge in [0, 0.05) is 17.6 Å². The van der Waals surface area contributed by atoms with Gasteiger partial charge in [-0.25, -0.2) is 5.43 Å². The number of rotatable bonds is 6. The van der Waals surface area contributed by atoms with Crippen molar-refractivity contribution in [2.24, 2.45) is 12.1 Å². The van der Waals surface area contributed by atoms with Crippen LogP contribution in [0.15, 0.2) is 55.6 Å². The summed E-state index contributed by atoms with van der Waals surface area (Å²) in [5.74, 6) is 0.641. The third-order valence-corrected chi connectivity index (χ3v) is 6.19. The molecule has 0 saturated carbocycles. The number of hydrogen-bond acceptors (Lipinski definition) is 6. The van der Waals surface area contributed by atoms with Crippen molar-refractivity contribution in [2.75, 3.05) is 5.75 Å². The number of nitrogens with one attached hydrogen (secondary N) is 1. The van der Waals surface area contributed by atoms with E-state index in [-0.39, 0.29) is 17.4 Å². The van der Waals surface area contributed by atoms with Crippen LogP contribution in [-0.4, -0.2) is 37.7 Å². The molecule has 0 unspecified atom stereocenters. The molecule has 150 valence electrons. The van der Waals surface area contributed by atoms with Gasteiger partial charge in [-0.1, -0.05) is 23.4 Å². The average molecular weight is 560 g/mol. The summed E-state index contributed by atoms with van der Waals surface area (Å²) in [5.41, 5.74) is 4.05. The Morgan fingerprint density at radius 3 is 2.59 bits per heavy atom. The van der Waals surface area contributed by atoms with Gasteiger partial charge in [-0.15, -0.1) is 10.2 Å². The Kier molecular flexibility index (Phi) is 7.33. The number of nitrogens with zero attached hydrogens (tertiary/aromatic N) is 4. The van der Waals surface area contributed by atoms with E-state index in [2.05, 4.69) is 52.6 Å². The Balaban J connectivity index is 1.56. The normalized spacial score (nSPS) is 11.2. The first-order valence-corrected chi connectivity index (χ1v) is 11.1. The fraction of sp³-hybridized carbons (Fsp3) is 0.111. The van der Waals surface area contributed by atoms with Gasteiger partial charge < -0.3 is 9.67 Å². The lowest BCUT2D eigenvalue weighted by molar-refractivity contribution is -0.118. The molecule has 1 heterocycles. The third-order valence-electron chi connectivity index (χ3n) is 3.71. The van der Waals surface area contributed by atoms with E-state index in [1.807, 2.05) is 23.7 Å². The molecule has 7 nitrogen and oxygen atoms in total. The van der Waals surface area contributed by atoms with Crippen molar-refractivity contribution < 1.29 is 9.90 Å². The number of hydrazone groups is 1. The topological polar surface area (TPSA) is 92.4 Å². The monoisotopic (exact) mass is 557 g/mol. The number of aromatic hydroxyl groups is 1. The van der Waals surface area contributed by atoms with E-state index in [1.165, 1.54) is 18.0 Å². The zero-order valence-electron chi connectivity index (χ0n) is 14.9. The highest BCUT2D eigenvalue weighted by Gasteiger charge is 2.13. The van der Waals surface area contributed by atoms with Gasteiger partial charge in [0.1, 0.15) is 5.75 Å². The lowest BCUT2D eigenvalue weighted by atomic mass is 10.2. The molecule has 0 spiro atoms. The van der Waals surface area contributed by atoms with Crippen molar-refractivity contribution in [1.82, 2.24) is 20.2 Å². The zero-order chi connectivity index (χ0) is 21.0. The van der Waals surface area contributed by atoms with Gasteiger partial charge in [-0.3, -0.25) is 4.79 Å². The van der Waals surface area contributed by atoms with E-state index in [1.54, 1.807) is 24.3 Å². The van der Waals surface area contributed by atoms with Crippen LogP contribution in [0.1, 0.15) is 5.56 Å². The van der Waals surface area contributed by atoms with Crippen LogP contribution in [0.3, 0.4) is 0 Å². The molecule has 0 aliphatic rings. The van der Waals surface area contributed by atoms with Crippen LogP contribution in [0.5, 0.6) is 5.75 Å². The molecule has 0 fully saturated rings. The van der Waals surface area contributed by atoms with E-state index >= 15 is 0 Å². The second-order valence-electron chi connectivity index (χ2n) is 5.79.